The van der Waals surface area contributed by atoms with Gasteiger partial charge >= 0.3 is 6.18 Å². The van der Waals surface area contributed by atoms with Crippen LogP contribution >= 0.6 is 0 Å². The molecule has 0 aromatic carbocycles. The van der Waals surface area contributed by atoms with E-state index < -0.39 is 24.0 Å². The Morgan fingerprint density at radius 3 is 2.43 bits per heavy atom. The fourth-order valence-electron chi connectivity index (χ4n) is 4.22. The molecule has 4 atom stereocenters. The van der Waals surface area contributed by atoms with Crippen LogP contribution in [0.25, 0.3) is 0 Å². The van der Waals surface area contributed by atoms with Crippen LogP contribution in [0.1, 0.15) is 58.8 Å². The first kappa shape index (κ1) is 16.9. The maximum atomic E-state index is 12.6. The topological polar surface area (TPSA) is 9.23 Å². The number of fused-ring (bicyclic) bond motifs is 2. The van der Waals surface area contributed by atoms with Gasteiger partial charge in [-0.3, -0.25) is 0 Å². The third-order valence-corrected chi connectivity index (χ3v) is 5.53. The van der Waals surface area contributed by atoms with E-state index in [1.165, 1.54) is 19.3 Å². The molecule has 0 aromatic rings. The molecule has 2 saturated carbocycles. The van der Waals surface area contributed by atoms with Crippen LogP contribution < -0.4 is 0 Å². The van der Waals surface area contributed by atoms with Crippen molar-refractivity contribution in [1.29, 1.82) is 0 Å². The van der Waals surface area contributed by atoms with E-state index in [1.54, 1.807) is 0 Å². The minimum absolute atomic E-state index is 0.391. The van der Waals surface area contributed by atoms with Crippen LogP contribution in [0.15, 0.2) is 12.2 Å². The molecule has 21 heavy (non-hydrogen) atoms. The molecule has 0 radical (unpaired) electrons. The molecule has 2 rings (SSSR count). The molecular weight excluding hydrogens is 277 g/mol. The van der Waals surface area contributed by atoms with Gasteiger partial charge in [-0.25, -0.2) is 0 Å². The van der Waals surface area contributed by atoms with Crippen molar-refractivity contribution in [3.63, 3.8) is 0 Å². The van der Waals surface area contributed by atoms with Crippen LogP contribution in [0.2, 0.25) is 0 Å². The molecule has 122 valence electrons. The van der Waals surface area contributed by atoms with E-state index in [-0.39, 0.29) is 0 Å². The zero-order valence-corrected chi connectivity index (χ0v) is 13.1. The van der Waals surface area contributed by atoms with Crippen LogP contribution in [-0.4, -0.2) is 18.4 Å². The lowest BCUT2D eigenvalue weighted by Crippen LogP contribution is -2.41. The molecule has 0 aliphatic heterocycles. The summed E-state index contributed by atoms with van der Waals surface area (Å²) in [5.41, 5.74) is -1.20. The van der Waals surface area contributed by atoms with Crippen molar-refractivity contribution >= 4 is 0 Å². The summed E-state index contributed by atoms with van der Waals surface area (Å²) in [6.07, 6.45) is 3.44. The van der Waals surface area contributed by atoms with Gasteiger partial charge in [-0.1, -0.05) is 32.8 Å². The van der Waals surface area contributed by atoms with Crippen molar-refractivity contribution in [3.8, 4) is 0 Å². The lowest BCUT2D eigenvalue weighted by atomic mass is 9.74. The summed E-state index contributed by atoms with van der Waals surface area (Å²) in [5, 5.41) is 0. The molecule has 2 aliphatic rings. The minimum Gasteiger partial charge on any atom is -0.370 e. The molecule has 0 N–H and O–H groups in total. The summed E-state index contributed by atoms with van der Waals surface area (Å²) >= 11 is 0. The summed E-state index contributed by atoms with van der Waals surface area (Å²) in [7, 11) is 0. The van der Waals surface area contributed by atoms with Crippen molar-refractivity contribution in [3.05, 3.63) is 12.2 Å². The van der Waals surface area contributed by atoms with E-state index in [0.717, 1.165) is 31.6 Å². The maximum Gasteiger partial charge on any atom is 0.414 e. The molecule has 0 spiro atoms. The average molecular weight is 304 g/mol. The molecule has 2 fully saturated rings. The summed E-state index contributed by atoms with van der Waals surface area (Å²) in [6, 6.07) is 0. The Balaban J connectivity index is 2.01. The second-order valence-electron chi connectivity index (χ2n) is 7.09. The molecule has 4 heteroatoms. The lowest BCUT2D eigenvalue weighted by molar-refractivity contribution is -0.127. The van der Waals surface area contributed by atoms with E-state index in [9.17, 15) is 13.2 Å². The van der Waals surface area contributed by atoms with Gasteiger partial charge in [0.25, 0.3) is 0 Å². The molecule has 2 aliphatic carbocycles. The number of hydrogen-bond acceptors (Lipinski definition) is 1. The number of unbranched alkanes of at least 4 members (excludes halogenated alkanes) is 1. The smallest absolute Gasteiger partial charge is 0.370 e. The van der Waals surface area contributed by atoms with E-state index in [0.29, 0.717) is 11.8 Å². The SMILES string of the molecule is C=C(COC(C)(CCCC)C1CC2CCC1C2)C(F)(F)F. The first-order chi connectivity index (χ1) is 9.76. The molecule has 1 nitrogen and oxygen atoms in total. The Morgan fingerprint density at radius 2 is 1.95 bits per heavy atom. The van der Waals surface area contributed by atoms with Gasteiger partial charge in [-0.15, -0.1) is 0 Å². The van der Waals surface area contributed by atoms with Gasteiger partial charge in [0.15, 0.2) is 0 Å². The highest BCUT2D eigenvalue weighted by atomic mass is 19.4. The standard InChI is InChI=1S/C17H27F3O/c1-4-5-8-16(3,21-11-12(2)17(18,19)20)15-10-13-6-7-14(15)9-13/h13-15H,2,4-11H2,1,3H3. The fourth-order valence-corrected chi connectivity index (χ4v) is 4.22. The summed E-state index contributed by atoms with van der Waals surface area (Å²) in [4.78, 5) is 0. The summed E-state index contributed by atoms with van der Waals surface area (Å²) in [6.45, 7) is 6.88. The van der Waals surface area contributed by atoms with Gasteiger partial charge in [0.2, 0.25) is 0 Å². The highest BCUT2D eigenvalue weighted by Crippen LogP contribution is 2.54. The summed E-state index contributed by atoms with van der Waals surface area (Å²) in [5.74, 6) is 1.84. The number of alkyl halides is 3. The minimum atomic E-state index is -4.35. The van der Waals surface area contributed by atoms with Crippen LogP contribution in [0, 0.1) is 17.8 Å². The van der Waals surface area contributed by atoms with E-state index >= 15 is 0 Å². The van der Waals surface area contributed by atoms with Crippen molar-refractivity contribution in [2.75, 3.05) is 6.61 Å². The fraction of sp³-hybridized carbons (Fsp3) is 0.882. The van der Waals surface area contributed by atoms with Gasteiger partial charge in [0.05, 0.1) is 17.8 Å². The Hall–Kier alpha value is -0.510. The largest absolute Gasteiger partial charge is 0.414 e. The third kappa shape index (κ3) is 3.82. The van der Waals surface area contributed by atoms with Crippen molar-refractivity contribution in [2.45, 2.75) is 70.6 Å². The lowest BCUT2D eigenvalue weighted by Gasteiger charge is -2.40. The predicted octanol–water partition coefficient (Wildman–Crippen LogP) is 5.51. The number of rotatable bonds is 7. The Labute approximate surface area is 125 Å². The quantitative estimate of drug-likeness (QED) is 0.564. The van der Waals surface area contributed by atoms with Gasteiger partial charge in [0.1, 0.15) is 0 Å². The van der Waals surface area contributed by atoms with Crippen molar-refractivity contribution in [1.82, 2.24) is 0 Å². The molecule has 0 heterocycles. The molecule has 4 unspecified atom stereocenters. The monoisotopic (exact) mass is 304 g/mol. The molecule has 2 bridgehead atoms. The number of hydrogen-bond donors (Lipinski definition) is 0. The summed E-state index contributed by atoms with van der Waals surface area (Å²) < 4.78 is 43.7. The Morgan fingerprint density at radius 1 is 1.24 bits per heavy atom. The van der Waals surface area contributed by atoms with Gasteiger partial charge in [-0.2, -0.15) is 13.2 Å². The van der Waals surface area contributed by atoms with Crippen LogP contribution in [0.3, 0.4) is 0 Å². The molecule has 0 aromatic heterocycles. The van der Waals surface area contributed by atoms with Crippen LogP contribution in [0.5, 0.6) is 0 Å². The van der Waals surface area contributed by atoms with Gasteiger partial charge < -0.3 is 4.74 Å². The van der Waals surface area contributed by atoms with E-state index in [4.69, 9.17) is 4.74 Å². The van der Waals surface area contributed by atoms with Crippen LogP contribution in [-0.2, 0) is 4.74 Å². The molecule has 0 saturated heterocycles. The maximum absolute atomic E-state index is 12.6. The van der Waals surface area contributed by atoms with Crippen LogP contribution in [0.4, 0.5) is 13.2 Å². The Kier molecular flexibility index (Phi) is 5.07. The Bertz CT molecular complexity index is 377. The molecule has 0 amide bonds. The first-order valence-electron chi connectivity index (χ1n) is 8.15. The third-order valence-electron chi connectivity index (χ3n) is 5.53. The second-order valence-corrected chi connectivity index (χ2v) is 7.09. The first-order valence-corrected chi connectivity index (χ1v) is 8.15. The van der Waals surface area contributed by atoms with Gasteiger partial charge in [-0.05, 0) is 50.4 Å². The molecular formula is C17H27F3O. The van der Waals surface area contributed by atoms with Gasteiger partial charge in [0, 0.05) is 0 Å². The zero-order chi connectivity index (χ0) is 15.7. The highest BCUT2D eigenvalue weighted by Gasteiger charge is 2.49. The van der Waals surface area contributed by atoms with E-state index in [2.05, 4.69) is 13.5 Å². The number of halogens is 3. The average Bonchev–Trinajstić information content (AvgIpc) is 3.04. The second kappa shape index (κ2) is 6.31. The van der Waals surface area contributed by atoms with Crippen molar-refractivity contribution < 1.29 is 17.9 Å². The van der Waals surface area contributed by atoms with E-state index in [1.807, 2.05) is 6.92 Å². The zero-order valence-electron chi connectivity index (χ0n) is 13.1. The van der Waals surface area contributed by atoms with Crippen molar-refractivity contribution in [2.24, 2.45) is 17.8 Å². The number of ether oxygens (including phenoxy) is 1. The normalized spacial score (nSPS) is 31.4. The highest BCUT2D eigenvalue weighted by molar-refractivity contribution is 5.05. The predicted molar refractivity (Wildman–Crippen MR) is 78.0 cm³/mol.